The van der Waals surface area contributed by atoms with E-state index in [1.807, 2.05) is 60.9 Å². The van der Waals surface area contributed by atoms with Gasteiger partial charge in [0.25, 0.3) is 0 Å². The first-order valence-corrected chi connectivity index (χ1v) is 10.4. The minimum atomic E-state index is -2.87. The highest BCUT2D eigenvalue weighted by molar-refractivity contribution is 7.98. The lowest BCUT2D eigenvalue weighted by atomic mass is 9.72. The lowest BCUT2D eigenvalue weighted by molar-refractivity contribution is -0.133. The lowest BCUT2D eigenvalue weighted by Gasteiger charge is -2.36. The van der Waals surface area contributed by atoms with E-state index in [0.29, 0.717) is 0 Å². The summed E-state index contributed by atoms with van der Waals surface area (Å²) in [6.45, 7) is -0.177. The third-order valence-electron chi connectivity index (χ3n) is 5.25. The zero-order valence-electron chi connectivity index (χ0n) is 15.6. The number of nitriles is 1. The number of hydrogen-bond acceptors (Lipinski definition) is 3. The third-order valence-corrected chi connectivity index (χ3v) is 5.97. The molecule has 1 N–H and O–H groups in total. The highest BCUT2D eigenvalue weighted by Gasteiger charge is 2.45. The van der Waals surface area contributed by atoms with Crippen LogP contribution in [0.2, 0.25) is 0 Å². The summed E-state index contributed by atoms with van der Waals surface area (Å²) in [5, 5.41) is 11.2. The molecule has 1 aliphatic carbocycles. The number of amides is 1. The average Bonchev–Trinajstić information content (AvgIpc) is 2.71. The molecule has 1 amide bonds. The van der Waals surface area contributed by atoms with Crippen molar-refractivity contribution in [3.63, 3.8) is 0 Å². The van der Waals surface area contributed by atoms with Crippen molar-refractivity contribution in [2.75, 3.05) is 12.8 Å². The van der Waals surface area contributed by atoms with Gasteiger partial charge in [0.15, 0.2) is 0 Å². The molecule has 1 unspecified atom stereocenters. The Balaban J connectivity index is 2.05. The van der Waals surface area contributed by atoms with Crippen molar-refractivity contribution < 1.29 is 13.6 Å². The molecule has 1 saturated carbocycles. The van der Waals surface area contributed by atoms with Gasteiger partial charge in [0.2, 0.25) is 11.8 Å². The van der Waals surface area contributed by atoms with E-state index in [-0.39, 0.29) is 25.3 Å². The van der Waals surface area contributed by atoms with E-state index in [9.17, 15) is 13.6 Å². The average molecular weight is 400 g/mol. The molecule has 2 aromatic carbocycles. The Kier molecular flexibility index (Phi) is 6.35. The van der Waals surface area contributed by atoms with Crippen LogP contribution in [0.25, 0.3) is 11.1 Å². The Labute approximate surface area is 168 Å². The van der Waals surface area contributed by atoms with Gasteiger partial charge in [-0.25, -0.2) is 8.78 Å². The predicted molar refractivity (Wildman–Crippen MR) is 107 cm³/mol. The van der Waals surface area contributed by atoms with Crippen molar-refractivity contribution in [3.05, 3.63) is 54.1 Å². The topological polar surface area (TPSA) is 52.9 Å². The number of benzene rings is 2. The van der Waals surface area contributed by atoms with E-state index in [0.717, 1.165) is 21.6 Å². The van der Waals surface area contributed by atoms with Gasteiger partial charge in [-0.1, -0.05) is 36.4 Å². The summed E-state index contributed by atoms with van der Waals surface area (Å²) >= 11 is 1.58. The number of alkyl halides is 2. The number of thioether (sulfide) groups is 1. The molecule has 0 radical (unpaired) electrons. The number of carbonyl (C=O) groups excluding carboxylic acids is 1. The fraction of sp³-hybridized carbons (Fsp3) is 0.364. The highest BCUT2D eigenvalue weighted by atomic mass is 32.2. The van der Waals surface area contributed by atoms with Gasteiger partial charge in [-0.2, -0.15) is 5.26 Å². The maximum absolute atomic E-state index is 14.1. The van der Waals surface area contributed by atoms with Gasteiger partial charge in [-0.3, -0.25) is 4.79 Å². The van der Waals surface area contributed by atoms with Gasteiger partial charge in [-0.05, 0) is 47.4 Å². The summed E-state index contributed by atoms with van der Waals surface area (Å²) in [4.78, 5) is 13.7. The van der Waals surface area contributed by atoms with E-state index in [1.165, 1.54) is 0 Å². The zero-order valence-corrected chi connectivity index (χ0v) is 16.4. The number of nitrogens with zero attached hydrogens (tertiary/aromatic N) is 1. The standard InChI is InChI=1S/C22H22F2N2OS/c1-28-16-7-8-17(15-5-3-2-4-6-15)19(13-16)18-9-10-22(23,24)14-20(18)21(27)26-12-11-25/h2-8,13,18,20H,9-10,12,14H2,1H3,(H,26,27)/t18?,20-/m1/s1. The Bertz CT molecular complexity index is 880. The zero-order chi connectivity index (χ0) is 20.1. The fourth-order valence-corrected chi connectivity index (χ4v) is 4.34. The largest absolute Gasteiger partial charge is 0.343 e. The van der Waals surface area contributed by atoms with Crippen molar-refractivity contribution in [1.29, 1.82) is 5.26 Å². The minimum Gasteiger partial charge on any atom is -0.343 e. The minimum absolute atomic E-state index is 0.177. The summed E-state index contributed by atoms with van der Waals surface area (Å²) in [5.41, 5.74) is 2.89. The Hall–Kier alpha value is -2.39. The third kappa shape index (κ3) is 4.53. The molecule has 3 nitrogen and oxygen atoms in total. The first-order valence-electron chi connectivity index (χ1n) is 9.21. The molecular formula is C22H22F2N2OS. The van der Waals surface area contributed by atoms with Crippen LogP contribution in [0.3, 0.4) is 0 Å². The Morgan fingerprint density at radius 3 is 2.71 bits per heavy atom. The van der Waals surface area contributed by atoms with Gasteiger partial charge in [0, 0.05) is 17.7 Å². The van der Waals surface area contributed by atoms with Gasteiger partial charge < -0.3 is 5.32 Å². The van der Waals surface area contributed by atoms with E-state index < -0.39 is 24.2 Å². The molecule has 1 aliphatic rings. The molecule has 146 valence electrons. The monoisotopic (exact) mass is 400 g/mol. The van der Waals surface area contributed by atoms with Crippen LogP contribution in [0.4, 0.5) is 8.78 Å². The Morgan fingerprint density at radius 2 is 2.04 bits per heavy atom. The summed E-state index contributed by atoms with van der Waals surface area (Å²) in [5.74, 6) is -4.52. The second-order valence-corrected chi connectivity index (χ2v) is 7.89. The second kappa shape index (κ2) is 8.74. The van der Waals surface area contributed by atoms with Crippen molar-refractivity contribution in [3.8, 4) is 17.2 Å². The molecule has 0 heterocycles. The van der Waals surface area contributed by atoms with Crippen LogP contribution < -0.4 is 5.32 Å². The summed E-state index contributed by atoms with van der Waals surface area (Å²) in [6, 6.07) is 17.7. The number of nitrogens with one attached hydrogen (secondary N) is 1. The van der Waals surface area contributed by atoms with E-state index >= 15 is 0 Å². The van der Waals surface area contributed by atoms with E-state index in [2.05, 4.69) is 5.32 Å². The van der Waals surface area contributed by atoms with Gasteiger partial charge in [-0.15, -0.1) is 11.8 Å². The molecule has 1 fully saturated rings. The molecule has 0 aromatic heterocycles. The lowest BCUT2D eigenvalue weighted by Crippen LogP contribution is -2.41. The molecule has 2 aromatic rings. The molecule has 6 heteroatoms. The normalized spacial score (nSPS) is 20.9. The van der Waals surface area contributed by atoms with E-state index in [4.69, 9.17) is 5.26 Å². The van der Waals surface area contributed by atoms with Crippen molar-refractivity contribution in [2.45, 2.75) is 36.0 Å². The SMILES string of the molecule is CSc1ccc(-c2ccccc2)c(C2CCC(F)(F)C[C@H]2C(=O)NCC#N)c1. The molecular weight excluding hydrogens is 378 g/mol. The van der Waals surface area contributed by atoms with Gasteiger partial charge >= 0.3 is 0 Å². The number of carbonyl (C=O) groups is 1. The van der Waals surface area contributed by atoms with Crippen LogP contribution in [-0.2, 0) is 4.79 Å². The van der Waals surface area contributed by atoms with Crippen LogP contribution in [0.1, 0.15) is 30.7 Å². The first kappa shape index (κ1) is 20.3. The van der Waals surface area contributed by atoms with Gasteiger partial charge in [0.05, 0.1) is 12.0 Å². The van der Waals surface area contributed by atoms with Crippen molar-refractivity contribution >= 4 is 17.7 Å². The maximum atomic E-state index is 14.1. The molecule has 0 spiro atoms. The number of rotatable bonds is 5. The molecule has 0 saturated heterocycles. The first-order chi connectivity index (χ1) is 13.4. The fourth-order valence-electron chi connectivity index (χ4n) is 3.89. The summed E-state index contributed by atoms with van der Waals surface area (Å²) < 4.78 is 28.3. The number of halogens is 2. The Morgan fingerprint density at radius 1 is 1.29 bits per heavy atom. The van der Waals surface area contributed by atoms with Crippen LogP contribution in [-0.4, -0.2) is 24.6 Å². The van der Waals surface area contributed by atoms with Crippen molar-refractivity contribution in [1.82, 2.24) is 5.32 Å². The highest BCUT2D eigenvalue weighted by Crippen LogP contribution is 2.47. The molecule has 0 aliphatic heterocycles. The number of hydrogen-bond donors (Lipinski definition) is 1. The molecule has 2 atom stereocenters. The molecule has 28 heavy (non-hydrogen) atoms. The maximum Gasteiger partial charge on any atom is 0.249 e. The molecule has 3 rings (SSSR count). The summed E-state index contributed by atoms with van der Waals surface area (Å²) in [7, 11) is 0. The van der Waals surface area contributed by atoms with Crippen LogP contribution in [0.15, 0.2) is 53.4 Å². The predicted octanol–water partition coefficient (Wildman–Crippen LogP) is 5.23. The van der Waals surface area contributed by atoms with Gasteiger partial charge in [0.1, 0.15) is 6.54 Å². The van der Waals surface area contributed by atoms with Crippen molar-refractivity contribution in [2.24, 2.45) is 5.92 Å². The summed E-state index contributed by atoms with van der Waals surface area (Å²) in [6.07, 6.45) is 1.47. The second-order valence-electron chi connectivity index (χ2n) is 7.01. The van der Waals surface area contributed by atoms with Crippen LogP contribution >= 0.6 is 11.8 Å². The molecule has 0 bridgehead atoms. The smallest absolute Gasteiger partial charge is 0.249 e. The van der Waals surface area contributed by atoms with Crippen LogP contribution in [0.5, 0.6) is 0 Å². The van der Waals surface area contributed by atoms with E-state index in [1.54, 1.807) is 11.8 Å². The van der Waals surface area contributed by atoms with Crippen LogP contribution in [0, 0.1) is 17.2 Å². The quantitative estimate of drug-likeness (QED) is 0.552.